The minimum atomic E-state index is -0.794. The van der Waals surface area contributed by atoms with Gasteiger partial charge in [0.1, 0.15) is 0 Å². The van der Waals surface area contributed by atoms with E-state index in [9.17, 15) is 8.78 Å². The minimum absolute atomic E-state index is 0.556. The molecule has 0 spiro atoms. The fourth-order valence-electron chi connectivity index (χ4n) is 1.15. The van der Waals surface area contributed by atoms with Crippen molar-refractivity contribution in [3.05, 3.63) is 35.4 Å². The van der Waals surface area contributed by atoms with Crippen LogP contribution in [-0.2, 0) is 6.54 Å². The van der Waals surface area contributed by atoms with E-state index in [1.54, 1.807) is 6.07 Å². The quantitative estimate of drug-likeness (QED) is 0.786. The van der Waals surface area contributed by atoms with Crippen molar-refractivity contribution in [2.24, 2.45) is 5.92 Å². The zero-order valence-electron chi connectivity index (χ0n) is 8.48. The zero-order chi connectivity index (χ0) is 10.6. The second-order valence-electron chi connectivity index (χ2n) is 3.77. The largest absolute Gasteiger partial charge is 0.312 e. The minimum Gasteiger partial charge on any atom is -0.312 e. The van der Waals surface area contributed by atoms with Crippen LogP contribution in [0.15, 0.2) is 18.2 Å². The summed E-state index contributed by atoms with van der Waals surface area (Å²) in [6.45, 7) is 5.64. The lowest BCUT2D eigenvalue weighted by Gasteiger charge is -2.07. The van der Waals surface area contributed by atoms with E-state index in [-0.39, 0.29) is 0 Å². The van der Waals surface area contributed by atoms with Crippen molar-refractivity contribution in [3.63, 3.8) is 0 Å². The number of hydrogen-bond acceptors (Lipinski definition) is 1. The molecule has 0 aliphatic carbocycles. The smallest absolute Gasteiger partial charge is 0.159 e. The van der Waals surface area contributed by atoms with Crippen LogP contribution in [0.3, 0.4) is 0 Å². The van der Waals surface area contributed by atoms with Crippen molar-refractivity contribution in [3.8, 4) is 0 Å². The fraction of sp³-hybridized carbons (Fsp3) is 0.455. The standard InChI is InChI=1S/C11H15F2N/c1-8(2)6-14-7-9-3-4-10(12)11(13)5-9/h3-5,8,14H,6-7H2,1-2H3. The summed E-state index contributed by atoms with van der Waals surface area (Å²) in [7, 11) is 0. The maximum absolute atomic E-state index is 12.8. The highest BCUT2D eigenvalue weighted by Crippen LogP contribution is 2.08. The normalized spacial score (nSPS) is 10.9. The molecule has 0 aromatic heterocycles. The van der Waals surface area contributed by atoms with E-state index in [1.807, 2.05) is 0 Å². The van der Waals surface area contributed by atoms with E-state index < -0.39 is 11.6 Å². The van der Waals surface area contributed by atoms with Crippen molar-refractivity contribution in [1.82, 2.24) is 5.32 Å². The Hall–Kier alpha value is -0.960. The molecule has 0 heterocycles. The van der Waals surface area contributed by atoms with Gasteiger partial charge < -0.3 is 5.32 Å². The highest BCUT2D eigenvalue weighted by molar-refractivity contribution is 5.17. The SMILES string of the molecule is CC(C)CNCc1ccc(F)c(F)c1. The average molecular weight is 199 g/mol. The lowest BCUT2D eigenvalue weighted by molar-refractivity contribution is 0.504. The van der Waals surface area contributed by atoms with E-state index in [1.165, 1.54) is 6.07 Å². The lowest BCUT2D eigenvalue weighted by atomic mass is 10.2. The van der Waals surface area contributed by atoms with Gasteiger partial charge in [-0.25, -0.2) is 8.78 Å². The second-order valence-corrected chi connectivity index (χ2v) is 3.77. The summed E-state index contributed by atoms with van der Waals surface area (Å²) in [5.74, 6) is -1.02. The van der Waals surface area contributed by atoms with Gasteiger partial charge in [0.25, 0.3) is 0 Å². The molecule has 0 unspecified atom stereocenters. The van der Waals surface area contributed by atoms with Gasteiger partial charge in [-0.2, -0.15) is 0 Å². The van der Waals surface area contributed by atoms with Gasteiger partial charge in [0, 0.05) is 6.54 Å². The number of nitrogens with one attached hydrogen (secondary N) is 1. The Balaban J connectivity index is 2.47. The van der Waals surface area contributed by atoms with Crippen LogP contribution >= 0.6 is 0 Å². The molecule has 0 saturated heterocycles. The van der Waals surface area contributed by atoms with E-state index in [4.69, 9.17) is 0 Å². The topological polar surface area (TPSA) is 12.0 Å². The molecular formula is C11H15F2N. The molecule has 1 nitrogen and oxygen atoms in total. The van der Waals surface area contributed by atoms with Crippen LogP contribution < -0.4 is 5.32 Å². The van der Waals surface area contributed by atoms with Gasteiger partial charge >= 0.3 is 0 Å². The molecule has 0 aliphatic rings. The Morgan fingerprint density at radius 2 is 1.93 bits per heavy atom. The molecule has 14 heavy (non-hydrogen) atoms. The first-order chi connectivity index (χ1) is 6.59. The molecule has 0 aliphatic heterocycles. The van der Waals surface area contributed by atoms with Gasteiger partial charge in [0.15, 0.2) is 11.6 Å². The van der Waals surface area contributed by atoms with E-state index in [0.717, 1.165) is 18.2 Å². The van der Waals surface area contributed by atoms with Crippen LogP contribution in [0.4, 0.5) is 8.78 Å². The van der Waals surface area contributed by atoms with Crippen molar-refractivity contribution < 1.29 is 8.78 Å². The molecule has 0 amide bonds. The highest BCUT2D eigenvalue weighted by atomic mass is 19.2. The Bertz CT molecular complexity index is 297. The van der Waals surface area contributed by atoms with E-state index in [0.29, 0.717) is 12.5 Å². The van der Waals surface area contributed by atoms with E-state index >= 15 is 0 Å². The van der Waals surface area contributed by atoms with Crippen molar-refractivity contribution in [1.29, 1.82) is 0 Å². The third-order valence-electron chi connectivity index (χ3n) is 1.87. The molecule has 0 atom stereocenters. The molecule has 0 bridgehead atoms. The Labute approximate surface area is 83.1 Å². The third-order valence-corrected chi connectivity index (χ3v) is 1.87. The summed E-state index contributed by atoms with van der Waals surface area (Å²) in [6, 6.07) is 3.97. The molecule has 0 fully saturated rings. The first kappa shape index (κ1) is 11.1. The summed E-state index contributed by atoms with van der Waals surface area (Å²) >= 11 is 0. The number of hydrogen-bond donors (Lipinski definition) is 1. The molecule has 0 saturated carbocycles. The van der Waals surface area contributed by atoms with Crippen LogP contribution in [0, 0.1) is 17.6 Å². The number of rotatable bonds is 4. The number of benzene rings is 1. The summed E-state index contributed by atoms with van der Waals surface area (Å²) in [5.41, 5.74) is 0.768. The second kappa shape index (κ2) is 5.05. The predicted octanol–water partition coefficient (Wildman–Crippen LogP) is 2.71. The molecule has 3 heteroatoms. The lowest BCUT2D eigenvalue weighted by Crippen LogP contribution is -2.19. The Kier molecular flexibility index (Phi) is 4.01. The molecule has 0 radical (unpaired) electrons. The molecular weight excluding hydrogens is 184 g/mol. The van der Waals surface area contributed by atoms with Crippen LogP contribution in [0.25, 0.3) is 0 Å². The average Bonchev–Trinajstić information content (AvgIpc) is 2.10. The molecule has 1 rings (SSSR count). The van der Waals surface area contributed by atoms with Crippen molar-refractivity contribution in [2.75, 3.05) is 6.54 Å². The van der Waals surface area contributed by atoms with Crippen molar-refractivity contribution in [2.45, 2.75) is 20.4 Å². The monoisotopic (exact) mass is 199 g/mol. The first-order valence-electron chi connectivity index (χ1n) is 4.74. The van der Waals surface area contributed by atoms with Gasteiger partial charge in [-0.1, -0.05) is 19.9 Å². The fourth-order valence-corrected chi connectivity index (χ4v) is 1.15. The van der Waals surface area contributed by atoms with Crippen LogP contribution in [-0.4, -0.2) is 6.54 Å². The summed E-state index contributed by atoms with van der Waals surface area (Å²) in [4.78, 5) is 0. The van der Waals surface area contributed by atoms with Gasteiger partial charge in [0.2, 0.25) is 0 Å². The van der Waals surface area contributed by atoms with Crippen LogP contribution in [0.2, 0.25) is 0 Å². The maximum Gasteiger partial charge on any atom is 0.159 e. The van der Waals surface area contributed by atoms with Crippen molar-refractivity contribution >= 4 is 0 Å². The third kappa shape index (κ3) is 3.42. The van der Waals surface area contributed by atoms with Gasteiger partial charge in [-0.15, -0.1) is 0 Å². The number of halogens is 2. The van der Waals surface area contributed by atoms with Crippen LogP contribution in [0.1, 0.15) is 19.4 Å². The molecule has 1 aromatic rings. The molecule has 1 aromatic carbocycles. The maximum atomic E-state index is 12.8. The predicted molar refractivity (Wildman–Crippen MR) is 52.9 cm³/mol. The van der Waals surface area contributed by atoms with Gasteiger partial charge in [-0.3, -0.25) is 0 Å². The summed E-state index contributed by atoms with van der Waals surface area (Å²) in [6.07, 6.45) is 0. The Morgan fingerprint density at radius 3 is 2.50 bits per heavy atom. The van der Waals surface area contributed by atoms with Crippen LogP contribution in [0.5, 0.6) is 0 Å². The van der Waals surface area contributed by atoms with Gasteiger partial charge in [-0.05, 0) is 30.2 Å². The summed E-state index contributed by atoms with van der Waals surface area (Å²) < 4.78 is 25.3. The van der Waals surface area contributed by atoms with E-state index in [2.05, 4.69) is 19.2 Å². The molecule has 1 N–H and O–H groups in total. The zero-order valence-corrected chi connectivity index (χ0v) is 8.48. The first-order valence-corrected chi connectivity index (χ1v) is 4.74. The van der Waals surface area contributed by atoms with Gasteiger partial charge in [0.05, 0.1) is 0 Å². The Morgan fingerprint density at radius 1 is 1.21 bits per heavy atom. The highest BCUT2D eigenvalue weighted by Gasteiger charge is 2.02. The summed E-state index contributed by atoms with van der Waals surface area (Å²) in [5, 5.41) is 3.16. The molecule has 78 valence electrons.